The highest BCUT2D eigenvalue weighted by Gasteiger charge is 2.44. The molecule has 0 aromatic heterocycles. The third kappa shape index (κ3) is 2.09. The van der Waals surface area contributed by atoms with Crippen molar-refractivity contribution < 1.29 is 0 Å². The smallest absolute Gasteiger partial charge is 0.0380 e. The van der Waals surface area contributed by atoms with Crippen molar-refractivity contribution in [3.05, 3.63) is 35.4 Å². The molecule has 18 heavy (non-hydrogen) atoms. The fourth-order valence-corrected chi connectivity index (χ4v) is 3.66. The zero-order chi connectivity index (χ0) is 12.8. The molecule has 1 aromatic rings. The van der Waals surface area contributed by atoms with E-state index in [1.807, 2.05) is 0 Å². The second-order valence-electron chi connectivity index (χ2n) is 6.85. The minimum absolute atomic E-state index is 0.364. The van der Waals surface area contributed by atoms with Crippen molar-refractivity contribution >= 4 is 0 Å². The molecule has 0 saturated heterocycles. The van der Waals surface area contributed by atoms with Crippen molar-refractivity contribution in [1.29, 1.82) is 0 Å². The number of fused-ring (bicyclic) bond motifs is 1. The molecule has 3 rings (SSSR count). The standard InChI is InChI=1S/C17H25N/c1-4-7-12-10-15(12)18-16-14-9-6-5-8-13(14)11-17(16,2)3/h5-6,8-9,12,15-16,18H,4,7,10-11H2,1-3H3. The highest BCUT2D eigenvalue weighted by molar-refractivity contribution is 5.37. The Morgan fingerprint density at radius 1 is 1.28 bits per heavy atom. The van der Waals surface area contributed by atoms with Crippen LogP contribution in [0.4, 0.5) is 0 Å². The molecule has 2 aliphatic rings. The summed E-state index contributed by atoms with van der Waals surface area (Å²) in [6.45, 7) is 7.11. The van der Waals surface area contributed by atoms with E-state index < -0.39 is 0 Å². The Morgan fingerprint density at radius 2 is 2.06 bits per heavy atom. The first-order valence-corrected chi connectivity index (χ1v) is 7.45. The second kappa shape index (κ2) is 4.38. The van der Waals surface area contributed by atoms with Gasteiger partial charge in [-0.25, -0.2) is 0 Å². The van der Waals surface area contributed by atoms with Gasteiger partial charge in [0.2, 0.25) is 0 Å². The molecule has 3 unspecified atom stereocenters. The fraction of sp³-hybridized carbons (Fsp3) is 0.647. The van der Waals surface area contributed by atoms with Crippen LogP contribution in [0.2, 0.25) is 0 Å². The van der Waals surface area contributed by atoms with Gasteiger partial charge in [-0.2, -0.15) is 0 Å². The minimum atomic E-state index is 0.364. The Kier molecular flexibility index (Phi) is 2.97. The van der Waals surface area contributed by atoms with Gasteiger partial charge in [-0.05, 0) is 41.7 Å². The van der Waals surface area contributed by atoms with Crippen LogP contribution in [-0.2, 0) is 6.42 Å². The molecule has 0 radical (unpaired) electrons. The first-order chi connectivity index (χ1) is 8.62. The molecule has 0 amide bonds. The molecule has 1 aromatic carbocycles. The van der Waals surface area contributed by atoms with Crippen molar-refractivity contribution in [1.82, 2.24) is 5.32 Å². The average Bonchev–Trinajstić information content (AvgIpc) is 2.99. The van der Waals surface area contributed by atoms with Crippen LogP contribution in [-0.4, -0.2) is 6.04 Å². The van der Waals surface area contributed by atoms with Gasteiger partial charge in [0.25, 0.3) is 0 Å². The van der Waals surface area contributed by atoms with Crippen LogP contribution < -0.4 is 5.32 Å². The molecule has 2 aliphatic carbocycles. The van der Waals surface area contributed by atoms with Crippen LogP contribution in [0.5, 0.6) is 0 Å². The maximum atomic E-state index is 3.93. The lowest BCUT2D eigenvalue weighted by atomic mass is 9.85. The van der Waals surface area contributed by atoms with E-state index in [2.05, 4.69) is 50.4 Å². The summed E-state index contributed by atoms with van der Waals surface area (Å²) >= 11 is 0. The van der Waals surface area contributed by atoms with Crippen LogP contribution in [0, 0.1) is 11.3 Å². The lowest BCUT2D eigenvalue weighted by molar-refractivity contribution is 0.264. The highest BCUT2D eigenvalue weighted by Crippen LogP contribution is 2.47. The molecule has 1 heteroatoms. The van der Waals surface area contributed by atoms with E-state index in [1.165, 1.54) is 25.7 Å². The maximum Gasteiger partial charge on any atom is 0.0380 e. The van der Waals surface area contributed by atoms with Crippen molar-refractivity contribution in [3.63, 3.8) is 0 Å². The van der Waals surface area contributed by atoms with E-state index in [9.17, 15) is 0 Å². The lowest BCUT2D eigenvalue weighted by Crippen LogP contribution is -2.33. The topological polar surface area (TPSA) is 12.0 Å². The minimum Gasteiger partial charge on any atom is -0.306 e. The summed E-state index contributed by atoms with van der Waals surface area (Å²) in [5.41, 5.74) is 3.46. The Labute approximate surface area is 111 Å². The van der Waals surface area contributed by atoms with E-state index >= 15 is 0 Å². The van der Waals surface area contributed by atoms with Crippen LogP contribution in [0.15, 0.2) is 24.3 Å². The van der Waals surface area contributed by atoms with Crippen molar-refractivity contribution in [2.45, 2.75) is 58.5 Å². The van der Waals surface area contributed by atoms with Gasteiger partial charge in [0.15, 0.2) is 0 Å². The Hall–Kier alpha value is -0.820. The zero-order valence-corrected chi connectivity index (χ0v) is 11.9. The Balaban J connectivity index is 1.75. The van der Waals surface area contributed by atoms with Crippen LogP contribution in [0.1, 0.15) is 57.2 Å². The number of rotatable bonds is 4. The van der Waals surface area contributed by atoms with Crippen LogP contribution in [0.3, 0.4) is 0 Å². The van der Waals surface area contributed by atoms with E-state index in [4.69, 9.17) is 0 Å². The van der Waals surface area contributed by atoms with E-state index in [1.54, 1.807) is 11.1 Å². The zero-order valence-electron chi connectivity index (χ0n) is 11.9. The average molecular weight is 243 g/mol. The molecular formula is C17H25N. The summed E-state index contributed by atoms with van der Waals surface area (Å²) < 4.78 is 0. The van der Waals surface area contributed by atoms with Gasteiger partial charge in [0.1, 0.15) is 0 Å². The monoisotopic (exact) mass is 243 g/mol. The molecular weight excluding hydrogens is 218 g/mol. The molecule has 0 aliphatic heterocycles. The predicted octanol–water partition coefficient (Wildman–Crippen LogP) is 4.09. The third-order valence-corrected chi connectivity index (χ3v) is 4.76. The highest BCUT2D eigenvalue weighted by atomic mass is 15.0. The third-order valence-electron chi connectivity index (χ3n) is 4.76. The SMILES string of the molecule is CCCC1CC1NC1c2ccccc2CC1(C)C. The molecule has 98 valence electrons. The van der Waals surface area contributed by atoms with Gasteiger partial charge >= 0.3 is 0 Å². The molecule has 0 heterocycles. The molecule has 1 saturated carbocycles. The Morgan fingerprint density at radius 3 is 2.83 bits per heavy atom. The largest absolute Gasteiger partial charge is 0.306 e. The number of benzene rings is 1. The molecule has 1 nitrogen and oxygen atoms in total. The second-order valence-corrected chi connectivity index (χ2v) is 6.85. The van der Waals surface area contributed by atoms with Gasteiger partial charge in [-0.1, -0.05) is 51.5 Å². The van der Waals surface area contributed by atoms with Gasteiger partial charge in [-0.15, -0.1) is 0 Å². The number of hydrogen-bond acceptors (Lipinski definition) is 1. The lowest BCUT2D eigenvalue weighted by Gasteiger charge is -2.29. The quantitative estimate of drug-likeness (QED) is 0.840. The summed E-state index contributed by atoms with van der Waals surface area (Å²) in [7, 11) is 0. The van der Waals surface area contributed by atoms with Crippen molar-refractivity contribution in [2.75, 3.05) is 0 Å². The summed E-state index contributed by atoms with van der Waals surface area (Å²) in [6, 6.07) is 10.3. The molecule has 0 bridgehead atoms. The van der Waals surface area contributed by atoms with Crippen molar-refractivity contribution in [3.8, 4) is 0 Å². The van der Waals surface area contributed by atoms with E-state index in [0.29, 0.717) is 11.5 Å². The van der Waals surface area contributed by atoms with Crippen LogP contribution >= 0.6 is 0 Å². The first-order valence-electron chi connectivity index (χ1n) is 7.45. The number of nitrogens with one attached hydrogen (secondary N) is 1. The molecule has 1 N–H and O–H groups in total. The first kappa shape index (κ1) is 12.2. The van der Waals surface area contributed by atoms with E-state index in [-0.39, 0.29) is 0 Å². The van der Waals surface area contributed by atoms with Crippen molar-refractivity contribution in [2.24, 2.45) is 11.3 Å². The van der Waals surface area contributed by atoms with Crippen LogP contribution in [0.25, 0.3) is 0 Å². The number of hydrogen-bond donors (Lipinski definition) is 1. The van der Waals surface area contributed by atoms with Gasteiger partial charge in [-0.3, -0.25) is 0 Å². The van der Waals surface area contributed by atoms with Gasteiger partial charge in [0, 0.05) is 12.1 Å². The Bertz CT molecular complexity index is 435. The molecule has 3 atom stereocenters. The summed E-state index contributed by atoms with van der Waals surface area (Å²) in [5, 5.41) is 3.93. The predicted molar refractivity (Wildman–Crippen MR) is 76.6 cm³/mol. The van der Waals surface area contributed by atoms with E-state index in [0.717, 1.165) is 12.0 Å². The van der Waals surface area contributed by atoms with Gasteiger partial charge < -0.3 is 5.32 Å². The summed E-state index contributed by atoms with van der Waals surface area (Å²) in [4.78, 5) is 0. The summed E-state index contributed by atoms with van der Waals surface area (Å²) in [6.07, 6.45) is 5.33. The summed E-state index contributed by atoms with van der Waals surface area (Å²) in [5.74, 6) is 0.943. The molecule has 0 spiro atoms. The molecule has 1 fully saturated rings. The normalized spacial score (nSPS) is 32.3. The fourth-order valence-electron chi connectivity index (χ4n) is 3.66. The maximum absolute atomic E-state index is 3.93. The van der Waals surface area contributed by atoms with Gasteiger partial charge in [0.05, 0.1) is 0 Å².